The summed E-state index contributed by atoms with van der Waals surface area (Å²) in [6.45, 7) is 3.67. The first-order valence-corrected chi connectivity index (χ1v) is 7.71. The van der Waals surface area contributed by atoms with Crippen molar-refractivity contribution < 1.29 is 23.8 Å². The molecule has 1 aromatic carbocycles. The summed E-state index contributed by atoms with van der Waals surface area (Å²) in [6.07, 6.45) is 0.560. The summed E-state index contributed by atoms with van der Waals surface area (Å²) in [5.74, 6) is -2.23. The van der Waals surface area contributed by atoms with Crippen molar-refractivity contribution in [2.75, 3.05) is 12.4 Å². The summed E-state index contributed by atoms with van der Waals surface area (Å²) in [7, 11) is 1.30. The average molecular weight is 337 g/mol. The van der Waals surface area contributed by atoms with E-state index in [9.17, 15) is 19.1 Å². The standard InChI is InChI=1S/C16H16FNO4S/c1-4-10-8(2)23-15(13(10)16(20)21)18-14(19)9-5-6-11(17)12(7-9)22-3/h5-7H,4H2,1-3H3,(H,18,19)(H,20,21). The Labute approximate surface area is 136 Å². The molecule has 0 radical (unpaired) electrons. The number of thiophene rings is 1. The summed E-state index contributed by atoms with van der Waals surface area (Å²) >= 11 is 1.21. The molecule has 1 aromatic heterocycles. The van der Waals surface area contributed by atoms with Crippen LogP contribution in [-0.2, 0) is 6.42 Å². The number of ether oxygens (including phenoxy) is 1. The van der Waals surface area contributed by atoms with Crippen LogP contribution in [0.15, 0.2) is 18.2 Å². The van der Waals surface area contributed by atoms with Crippen molar-refractivity contribution in [1.29, 1.82) is 0 Å². The lowest BCUT2D eigenvalue weighted by Crippen LogP contribution is -2.14. The first-order chi connectivity index (χ1) is 10.9. The third-order valence-electron chi connectivity index (χ3n) is 3.42. The van der Waals surface area contributed by atoms with Crippen molar-refractivity contribution in [2.45, 2.75) is 20.3 Å². The topological polar surface area (TPSA) is 75.6 Å². The number of halogens is 1. The Morgan fingerprint density at radius 2 is 2.09 bits per heavy atom. The van der Waals surface area contributed by atoms with E-state index in [0.717, 1.165) is 10.9 Å². The fraction of sp³-hybridized carbons (Fsp3) is 0.250. The third kappa shape index (κ3) is 3.34. The van der Waals surface area contributed by atoms with Gasteiger partial charge in [-0.1, -0.05) is 6.92 Å². The number of hydrogen-bond donors (Lipinski definition) is 2. The molecule has 0 saturated heterocycles. The van der Waals surface area contributed by atoms with Crippen molar-refractivity contribution in [3.05, 3.63) is 45.6 Å². The van der Waals surface area contributed by atoms with E-state index in [0.29, 0.717) is 12.0 Å². The van der Waals surface area contributed by atoms with Crippen molar-refractivity contribution in [3.8, 4) is 5.75 Å². The molecular formula is C16H16FNO4S. The van der Waals surface area contributed by atoms with Gasteiger partial charge in [0.15, 0.2) is 11.6 Å². The van der Waals surface area contributed by atoms with Crippen molar-refractivity contribution in [3.63, 3.8) is 0 Å². The molecule has 0 aliphatic rings. The van der Waals surface area contributed by atoms with Crippen molar-refractivity contribution >= 4 is 28.2 Å². The minimum atomic E-state index is -1.09. The Kier molecular flexibility index (Phi) is 5.00. The predicted octanol–water partition coefficient (Wildman–Crippen LogP) is 3.72. The highest BCUT2D eigenvalue weighted by molar-refractivity contribution is 7.16. The Bertz CT molecular complexity index is 770. The molecule has 0 aliphatic heterocycles. The lowest BCUT2D eigenvalue weighted by Gasteiger charge is -2.07. The second kappa shape index (κ2) is 6.78. The molecule has 0 fully saturated rings. The van der Waals surface area contributed by atoms with E-state index in [2.05, 4.69) is 5.32 Å². The molecule has 2 N–H and O–H groups in total. The van der Waals surface area contributed by atoms with Gasteiger partial charge in [0.2, 0.25) is 0 Å². The van der Waals surface area contributed by atoms with Crippen LogP contribution in [0.1, 0.15) is 38.1 Å². The van der Waals surface area contributed by atoms with E-state index in [1.165, 1.54) is 30.6 Å². The Balaban J connectivity index is 2.36. The van der Waals surface area contributed by atoms with Crippen LogP contribution in [0.2, 0.25) is 0 Å². The highest BCUT2D eigenvalue weighted by atomic mass is 32.1. The van der Waals surface area contributed by atoms with E-state index in [1.54, 1.807) is 0 Å². The molecular weight excluding hydrogens is 321 g/mol. The van der Waals surface area contributed by atoms with Crippen LogP contribution in [-0.4, -0.2) is 24.1 Å². The van der Waals surface area contributed by atoms with Crippen LogP contribution in [0.25, 0.3) is 0 Å². The molecule has 2 rings (SSSR count). The molecule has 122 valence electrons. The molecule has 23 heavy (non-hydrogen) atoms. The Morgan fingerprint density at radius 1 is 1.39 bits per heavy atom. The molecule has 0 aliphatic carbocycles. The quantitative estimate of drug-likeness (QED) is 0.872. The number of carboxylic acid groups (broad SMARTS) is 1. The zero-order chi connectivity index (χ0) is 17.1. The van der Waals surface area contributed by atoms with Crippen LogP contribution in [0.3, 0.4) is 0 Å². The zero-order valence-corrected chi connectivity index (χ0v) is 13.7. The molecule has 0 atom stereocenters. The number of carbonyl (C=O) groups excluding carboxylic acids is 1. The van der Waals surface area contributed by atoms with Gasteiger partial charge in [0.1, 0.15) is 5.00 Å². The first-order valence-electron chi connectivity index (χ1n) is 6.89. The number of amides is 1. The molecule has 7 heteroatoms. The number of anilines is 1. The average Bonchev–Trinajstić information content (AvgIpc) is 2.82. The normalized spacial score (nSPS) is 10.4. The maximum Gasteiger partial charge on any atom is 0.339 e. The minimum Gasteiger partial charge on any atom is -0.494 e. The van der Waals surface area contributed by atoms with Crippen LogP contribution >= 0.6 is 11.3 Å². The van der Waals surface area contributed by atoms with Gasteiger partial charge in [-0.3, -0.25) is 4.79 Å². The van der Waals surface area contributed by atoms with Gasteiger partial charge >= 0.3 is 5.97 Å². The molecule has 0 bridgehead atoms. The molecule has 0 saturated carbocycles. The van der Waals surface area contributed by atoms with E-state index in [1.807, 2.05) is 13.8 Å². The van der Waals surface area contributed by atoms with Gasteiger partial charge in [-0.25, -0.2) is 9.18 Å². The van der Waals surface area contributed by atoms with E-state index in [4.69, 9.17) is 4.74 Å². The highest BCUT2D eigenvalue weighted by Crippen LogP contribution is 2.34. The fourth-order valence-electron chi connectivity index (χ4n) is 2.30. The largest absolute Gasteiger partial charge is 0.494 e. The molecule has 0 spiro atoms. The summed E-state index contributed by atoms with van der Waals surface area (Å²) in [5.41, 5.74) is 0.996. The second-order valence-electron chi connectivity index (χ2n) is 4.80. The SMILES string of the molecule is CCc1c(C)sc(NC(=O)c2ccc(F)c(OC)c2)c1C(=O)O. The van der Waals surface area contributed by atoms with Gasteiger partial charge in [-0.15, -0.1) is 11.3 Å². The summed E-state index contributed by atoms with van der Waals surface area (Å²) < 4.78 is 18.2. The second-order valence-corrected chi connectivity index (χ2v) is 6.03. The van der Waals surface area contributed by atoms with Gasteiger partial charge in [0.25, 0.3) is 5.91 Å². The number of carboxylic acids is 1. The summed E-state index contributed by atoms with van der Waals surface area (Å²) in [5, 5.41) is 12.3. The summed E-state index contributed by atoms with van der Waals surface area (Å²) in [6, 6.07) is 3.71. The minimum absolute atomic E-state index is 0.0484. The number of aromatic carboxylic acids is 1. The summed E-state index contributed by atoms with van der Waals surface area (Å²) in [4.78, 5) is 24.6. The van der Waals surface area contributed by atoms with Gasteiger partial charge in [0, 0.05) is 10.4 Å². The number of rotatable bonds is 5. The molecule has 1 amide bonds. The fourth-order valence-corrected chi connectivity index (χ4v) is 3.43. The first kappa shape index (κ1) is 17.0. The lowest BCUT2D eigenvalue weighted by atomic mass is 10.1. The molecule has 5 nitrogen and oxygen atoms in total. The zero-order valence-electron chi connectivity index (χ0n) is 12.9. The number of hydrogen-bond acceptors (Lipinski definition) is 4. The van der Waals surface area contributed by atoms with E-state index < -0.39 is 17.7 Å². The van der Waals surface area contributed by atoms with Gasteiger partial charge < -0.3 is 15.2 Å². The Hall–Kier alpha value is -2.41. The maximum atomic E-state index is 13.4. The van der Waals surface area contributed by atoms with Gasteiger partial charge in [-0.2, -0.15) is 0 Å². The molecule has 0 unspecified atom stereocenters. The predicted molar refractivity (Wildman–Crippen MR) is 86.3 cm³/mol. The van der Waals surface area contributed by atoms with Crippen molar-refractivity contribution in [2.24, 2.45) is 0 Å². The highest BCUT2D eigenvalue weighted by Gasteiger charge is 2.22. The number of carbonyl (C=O) groups is 2. The van der Waals surface area contributed by atoms with Gasteiger partial charge in [-0.05, 0) is 37.1 Å². The van der Waals surface area contributed by atoms with Crippen LogP contribution in [0.4, 0.5) is 9.39 Å². The molecule has 2 aromatic rings. The smallest absolute Gasteiger partial charge is 0.339 e. The van der Waals surface area contributed by atoms with Gasteiger partial charge in [0.05, 0.1) is 12.7 Å². The Morgan fingerprint density at radius 3 is 2.65 bits per heavy atom. The number of methoxy groups -OCH3 is 1. The van der Waals surface area contributed by atoms with E-state index in [-0.39, 0.29) is 21.9 Å². The van der Waals surface area contributed by atoms with Crippen LogP contribution in [0, 0.1) is 12.7 Å². The number of benzene rings is 1. The third-order valence-corrected chi connectivity index (χ3v) is 4.48. The van der Waals surface area contributed by atoms with Crippen LogP contribution < -0.4 is 10.1 Å². The molecule has 1 heterocycles. The monoisotopic (exact) mass is 337 g/mol. The van der Waals surface area contributed by atoms with Crippen LogP contribution in [0.5, 0.6) is 5.75 Å². The lowest BCUT2D eigenvalue weighted by molar-refractivity contribution is 0.0697. The number of nitrogens with one attached hydrogen (secondary N) is 1. The number of aryl methyl sites for hydroxylation is 1. The van der Waals surface area contributed by atoms with Crippen molar-refractivity contribution in [1.82, 2.24) is 0 Å². The van der Waals surface area contributed by atoms with E-state index >= 15 is 0 Å². The maximum absolute atomic E-state index is 13.4.